The molecule has 0 aliphatic heterocycles. The first kappa shape index (κ1) is 21.9. The quantitative estimate of drug-likeness (QED) is 0.378. The summed E-state index contributed by atoms with van der Waals surface area (Å²) in [4.78, 5) is 26.3. The fourth-order valence-electron chi connectivity index (χ4n) is 3.93. The molecule has 8 heteroatoms. The van der Waals surface area contributed by atoms with Crippen molar-refractivity contribution in [3.05, 3.63) is 100 Å². The second-order valence-corrected chi connectivity index (χ2v) is 9.33. The van der Waals surface area contributed by atoms with Crippen LogP contribution >= 0.6 is 11.8 Å². The van der Waals surface area contributed by atoms with Gasteiger partial charge in [-0.25, -0.2) is 4.57 Å². The molecule has 3 aromatic carbocycles. The number of rotatable bonds is 6. The Bertz CT molecular complexity index is 1560. The summed E-state index contributed by atoms with van der Waals surface area (Å²) in [6.45, 7) is 4.26. The minimum atomic E-state index is -0.409. The Morgan fingerprint density at radius 2 is 1.68 bits per heavy atom. The summed E-state index contributed by atoms with van der Waals surface area (Å²) in [7, 11) is 0. The zero-order valence-corrected chi connectivity index (χ0v) is 19.6. The number of amides is 1. The molecule has 0 spiro atoms. The number of fused-ring (bicyclic) bond motifs is 3. The third-order valence-electron chi connectivity index (χ3n) is 5.71. The molecule has 0 aliphatic rings. The molecule has 2 aromatic heterocycles. The minimum Gasteiger partial charge on any atom is -0.351 e. The van der Waals surface area contributed by atoms with Crippen LogP contribution in [0.3, 0.4) is 0 Å². The van der Waals surface area contributed by atoms with Crippen molar-refractivity contribution in [3.63, 3.8) is 0 Å². The highest BCUT2D eigenvalue weighted by atomic mass is 32.2. The molecule has 170 valence electrons. The zero-order valence-electron chi connectivity index (χ0n) is 18.8. The van der Waals surface area contributed by atoms with Crippen molar-refractivity contribution in [1.29, 1.82) is 0 Å². The molecule has 0 fully saturated rings. The number of thioether (sulfide) groups is 1. The van der Waals surface area contributed by atoms with Gasteiger partial charge >= 0.3 is 0 Å². The number of aromatic nitrogens is 4. The monoisotopic (exact) mass is 469 g/mol. The lowest BCUT2D eigenvalue weighted by atomic mass is 10.2. The highest BCUT2D eigenvalue weighted by molar-refractivity contribution is 8.00. The number of aryl methyl sites for hydroxylation is 1. The Balaban J connectivity index is 1.55. The Morgan fingerprint density at radius 3 is 2.47 bits per heavy atom. The van der Waals surface area contributed by atoms with Gasteiger partial charge in [-0.1, -0.05) is 72.4 Å². The molecule has 2 heterocycles. The first-order chi connectivity index (χ1) is 16.5. The molecule has 0 saturated carbocycles. The maximum Gasteiger partial charge on any atom is 0.267 e. The lowest BCUT2D eigenvalue weighted by Crippen LogP contribution is -2.30. The Hall–Kier alpha value is -3.91. The first-order valence-corrected chi connectivity index (χ1v) is 11.9. The Morgan fingerprint density at radius 1 is 0.971 bits per heavy atom. The van der Waals surface area contributed by atoms with Crippen LogP contribution in [0, 0.1) is 6.92 Å². The predicted octanol–water partition coefficient (Wildman–Crippen LogP) is 4.14. The van der Waals surface area contributed by atoms with Crippen molar-refractivity contribution < 1.29 is 4.79 Å². The molecular formula is C26H23N5O2S. The third kappa shape index (κ3) is 3.97. The summed E-state index contributed by atoms with van der Waals surface area (Å²) in [6, 6.07) is 24.9. The molecule has 5 aromatic rings. The van der Waals surface area contributed by atoms with Crippen LogP contribution in [0.25, 0.3) is 22.4 Å². The minimum absolute atomic E-state index is 0.0952. The van der Waals surface area contributed by atoms with Gasteiger partial charge in [0.1, 0.15) is 0 Å². The maximum absolute atomic E-state index is 13.5. The molecule has 0 bridgehead atoms. The summed E-state index contributed by atoms with van der Waals surface area (Å²) >= 11 is 1.31. The standard InChI is InChI=1S/C26H23N5O2S/c1-17-10-6-8-14-21(17)30-24(33)20-13-7-9-15-22(20)31-25(30)28-29-26(31)34-18(2)23(32)27-16-19-11-4-3-5-12-19/h3-15,18H,16H2,1-2H3,(H,27,32). The number of hydrogen-bond acceptors (Lipinski definition) is 5. The van der Waals surface area contributed by atoms with E-state index >= 15 is 0 Å². The largest absolute Gasteiger partial charge is 0.351 e. The van der Waals surface area contributed by atoms with Crippen molar-refractivity contribution in [2.24, 2.45) is 0 Å². The molecular weight excluding hydrogens is 446 g/mol. The second kappa shape index (κ2) is 9.15. The van der Waals surface area contributed by atoms with Crippen LogP contribution in [0.1, 0.15) is 18.1 Å². The summed E-state index contributed by atoms with van der Waals surface area (Å²) in [5, 5.41) is 12.4. The van der Waals surface area contributed by atoms with Crippen LogP contribution in [0.4, 0.5) is 0 Å². The molecule has 7 nitrogen and oxygen atoms in total. The predicted molar refractivity (Wildman–Crippen MR) is 134 cm³/mol. The zero-order chi connectivity index (χ0) is 23.7. The number of nitrogens with one attached hydrogen (secondary N) is 1. The maximum atomic E-state index is 13.5. The number of para-hydroxylation sites is 2. The molecule has 1 atom stereocenters. The Kier molecular flexibility index (Phi) is 5.90. The fourth-order valence-corrected chi connectivity index (χ4v) is 4.81. The lowest BCUT2D eigenvalue weighted by molar-refractivity contribution is -0.120. The van der Waals surface area contributed by atoms with Gasteiger partial charge < -0.3 is 5.32 Å². The van der Waals surface area contributed by atoms with Crippen molar-refractivity contribution in [2.45, 2.75) is 30.8 Å². The highest BCUT2D eigenvalue weighted by Gasteiger charge is 2.22. The van der Waals surface area contributed by atoms with E-state index in [4.69, 9.17) is 0 Å². The van der Waals surface area contributed by atoms with Gasteiger partial charge in [0, 0.05) is 6.54 Å². The molecule has 0 aliphatic carbocycles. The molecule has 1 unspecified atom stereocenters. The molecule has 0 saturated heterocycles. The Labute approximate surface area is 200 Å². The summed E-state index contributed by atoms with van der Waals surface area (Å²) in [5.41, 5.74) is 3.29. The molecule has 0 radical (unpaired) electrons. The van der Waals surface area contributed by atoms with E-state index < -0.39 is 5.25 Å². The molecule has 1 amide bonds. The third-order valence-corrected chi connectivity index (χ3v) is 6.75. The van der Waals surface area contributed by atoms with Gasteiger partial charge in [-0.3, -0.25) is 14.0 Å². The van der Waals surface area contributed by atoms with Crippen LogP contribution in [-0.2, 0) is 11.3 Å². The van der Waals surface area contributed by atoms with Crippen molar-refractivity contribution in [1.82, 2.24) is 24.5 Å². The van der Waals surface area contributed by atoms with Crippen molar-refractivity contribution >= 4 is 34.3 Å². The van der Waals surface area contributed by atoms with Gasteiger partial charge in [-0.05, 0) is 43.2 Å². The van der Waals surface area contributed by atoms with Crippen molar-refractivity contribution in [3.8, 4) is 5.69 Å². The van der Waals surface area contributed by atoms with Crippen LogP contribution < -0.4 is 10.9 Å². The van der Waals surface area contributed by atoms with Gasteiger partial charge in [0.2, 0.25) is 11.7 Å². The van der Waals surface area contributed by atoms with Gasteiger partial charge in [-0.2, -0.15) is 0 Å². The van der Waals surface area contributed by atoms with Gasteiger partial charge in [0.05, 0.1) is 21.8 Å². The number of nitrogens with zero attached hydrogens (tertiary/aromatic N) is 4. The summed E-state index contributed by atoms with van der Waals surface area (Å²) in [5.74, 6) is 0.319. The van der Waals surface area contributed by atoms with Crippen LogP contribution in [0.15, 0.2) is 88.8 Å². The van der Waals surface area contributed by atoms with E-state index in [-0.39, 0.29) is 11.5 Å². The lowest BCUT2D eigenvalue weighted by Gasteiger charge is -2.14. The average Bonchev–Trinajstić information content (AvgIpc) is 3.27. The van der Waals surface area contributed by atoms with Gasteiger partial charge in [0.15, 0.2) is 5.16 Å². The topological polar surface area (TPSA) is 81.3 Å². The van der Waals surface area contributed by atoms with E-state index in [9.17, 15) is 9.59 Å². The number of carbonyl (C=O) groups excluding carboxylic acids is 1. The van der Waals surface area contributed by atoms with E-state index in [1.54, 1.807) is 10.6 Å². The molecule has 34 heavy (non-hydrogen) atoms. The van der Waals surface area contributed by atoms with Gasteiger partial charge in [-0.15, -0.1) is 10.2 Å². The van der Waals surface area contributed by atoms with Crippen LogP contribution in [0.2, 0.25) is 0 Å². The van der Waals surface area contributed by atoms with Crippen LogP contribution in [0.5, 0.6) is 0 Å². The summed E-state index contributed by atoms with van der Waals surface area (Å²) < 4.78 is 3.45. The van der Waals surface area contributed by atoms with Crippen LogP contribution in [-0.4, -0.2) is 30.3 Å². The normalized spacial score (nSPS) is 12.2. The second-order valence-electron chi connectivity index (χ2n) is 8.03. The van der Waals surface area contributed by atoms with E-state index in [0.29, 0.717) is 28.4 Å². The highest BCUT2D eigenvalue weighted by Crippen LogP contribution is 2.26. The number of carbonyl (C=O) groups is 1. The van der Waals surface area contributed by atoms with Gasteiger partial charge in [0.25, 0.3) is 5.56 Å². The molecule has 1 N–H and O–H groups in total. The van der Waals surface area contributed by atoms with E-state index in [0.717, 1.165) is 16.8 Å². The van der Waals surface area contributed by atoms with E-state index in [2.05, 4.69) is 15.5 Å². The SMILES string of the molecule is Cc1ccccc1-n1c(=O)c2ccccc2n2c(SC(C)C(=O)NCc3ccccc3)nnc12. The van der Waals surface area contributed by atoms with E-state index in [1.807, 2.05) is 91.0 Å². The number of benzene rings is 3. The number of hydrogen-bond donors (Lipinski definition) is 1. The fraction of sp³-hybridized carbons (Fsp3) is 0.154. The smallest absolute Gasteiger partial charge is 0.267 e. The van der Waals surface area contributed by atoms with E-state index in [1.165, 1.54) is 11.8 Å². The summed E-state index contributed by atoms with van der Waals surface area (Å²) in [6.07, 6.45) is 0. The average molecular weight is 470 g/mol. The first-order valence-electron chi connectivity index (χ1n) is 11.0. The molecule has 5 rings (SSSR count). The van der Waals surface area contributed by atoms with Crippen molar-refractivity contribution in [2.75, 3.05) is 0 Å².